The van der Waals surface area contributed by atoms with E-state index in [0.29, 0.717) is 18.2 Å². The molecule has 4 nitrogen and oxygen atoms in total. The molecule has 122 valence electrons. The molecule has 0 aliphatic carbocycles. The van der Waals surface area contributed by atoms with E-state index in [1.807, 2.05) is 17.0 Å². The largest absolute Gasteiger partial charge is 0.367 e. The molecule has 1 amide bonds. The highest BCUT2D eigenvalue weighted by Gasteiger charge is 2.20. The van der Waals surface area contributed by atoms with Crippen molar-refractivity contribution in [3.05, 3.63) is 30.1 Å². The molecule has 0 saturated carbocycles. The molecule has 0 unspecified atom stereocenters. The van der Waals surface area contributed by atoms with E-state index in [-0.39, 0.29) is 11.7 Å². The molecular formula is C17H26FN3O. The minimum Gasteiger partial charge on any atom is -0.367 e. The first-order valence-electron chi connectivity index (χ1n) is 8.05. The van der Waals surface area contributed by atoms with Crippen LogP contribution >= 0.6 is 0 Å². The van der Waals surface area contributed by atoms with Gasteiger partial charge in [-0.3, -0.25) is 9.69 Å². The van der Waals surface area contributed by atoms with E-state index in [2.05, 4.69) is 24.1 Å². The second-order valence-corrected chi connectivity index (χ2v) is 6.25. The Morgan fingerprint density at radius 2 is 1.91 bits per heavy atom. The Morgan fingerprint density at radius 1 is 1.23 bits per heavy atom. The molecule has 1 saturated heterocycles. The maximum atomic E-state index is 13.8. The molecule has 0 bridgehead atoms. The lowest BCUT2D eigenvalue weighted by Crippen LogP contribution is -2.49. The molecule has 1 N–H and O–H groups in total. The van der Waals surface area contributed by atoms with Crippen molar-refractivity contribution in [1.82, 2.24) is 10.2 Å². The highest BCUT2D eigenvalue weighted by Crippen LogP contribution is 2.19. The molecular weight excluding hydrogens is 281 g/mol. The number of hydrogen-bond acceptors (Lipinski definition) is 3. The first kappa shape index (κ1) is 16.7. The Morgan fingerprint density at radius 3 is 2.55 bits per heavy atom. The lowest BCUT2D eigenvalue weighted by Gasteiger charge is -2.35. The Hall–Kier alpha value is -1.62. The fraction of sp³-hybridized carbons (Fsp3) is 0.588. The summed E-state index contributed by atoms with van der Waals surface area (Å²) in [5.41, 5.74) is 0.656. The standard InChI is InChI=1S/C17H26FN3O/c1-14(2)7-8-19-17(22)13-20-9-11-21(12-10-20)16-6-4-3-5-15(16)18/h3-6,14H,7-13H2,1-2H3,(H,19,22). The molecule has 0 aromatic heterocycles. The van der Waals surface area contributed by atoms with Gasteiger partial charge < -0.3 is 10.2 Å². The van der Waals surface area contributed by atoms with Crippen LogP contribution in [0.25, 0.3) is 0 Å². The monoisotopic (exact) mass is 307 g/mol. The zero-order chi connectivity index (χ0) is 15.9. The maximum absolute atomic E-state index is 13.8. The molecule has 1 aliphatic heterocycles. The van der Waals surface area contributed by atoms with E-state index in [9.17, 15) is 9.18 Å². The third-order valence-corrected chi connectivity index (χ3v) is 3.98. The summed E-state index contributed by atoms with van der Waals surface area (Å²) in [6, 6.07) is 6.86. The van der Waals surface area contributed by atoms with Crippen molar-refractivity contribution in [1.29, 1.82) is 0 Å². The first-order chi connectivity index (χ1) is 10.6. The predicted molar refractivity (Wildman–Crippen MR) is 87.5 cm³/mol. The minimum atomic E-state index is -0.178. The molecule has 1 aromatic carbocycles. The zero-order valence-electron chi connectivity index (χ0n) is 13.5. The number of halogens is 1. The third-order valence-electron chi connectivity index (χ3n) is 3.98. The number of amides is 1. The minimum absolute atomic E-state index is 0.0833. The molecule has 0 spiro atoms. The molecule has 1 fully saturated rings. The molecule has 1 aliphatic rings. The van der Waals surface area contributed by atoms with Crippen LogP contribution in [-0.2, 0) is 4.79 Å². The molecule has 1 aromatic rings. The van der Waals surface area contributed by atoms with Crippen molar-refractivity contribution in [3.8, 4) is 0 Å². The zero-order valence-corrected chi connectivity index (χ0v) is 13.5. The number of nitrogens with one attached hydrogen (secondary N) is 1. The van der Waals surface area contributed by atoms with Gasteiger partial charge >= 0.3 is 0 Å². The van der Waals surface area contributed by atoms with Crippen LogP contribution in [0, 0.1) is 11.7 Å². The van der Waals surface area contributed by atoms with Gasteiger partial charge in [0.15, 0.2) is 0 Å². The molecule has 5 heteroatoms. The van der Waals surface area contributed by atoms with Crippen molar-refractivity contribution in [3.63, 3.8) is 0 Å². The molecule has 2 rings (SSSR count). The first-order valence-corrected chi connectivity index (χ1v) is 8.05. The second-order valence-electron chi connectivity index (χ2n) is 6.25. The van der Waals surface area contributed by atoms with Gasteiger partial charge in [-0.15, -0.1) is 0 Å². The van der Waals surface area contributed by atoms with E-state index in [1.54, 1.807) is 6.07 Å². The number of piperazine rings is 1. The number of hydrogen-bond donors (Lipinski definition) is 1. The summed E-state index contributed by atoms with van der Waals surface area (Å²) in [5, 5.41) is 2.96. The number of carbonyl (C=O) groups is 1. The van der Waals surface area contributed by atoms with Gasteiger partial charge in [0.25, 0.3) is 0 Å². The normalized spacial score (nSPS) is 16.1. The van der Waals surface area contributed by atoms with Gasteiger partial charge in [0.05, 0.1) is 12.2 Å². The molecule has 0 atom stereocenters. The quantitative estimate of drug-likeness (QED) is 0.874. The van der Waals surface area contributed by atoms with Gasteiger partial charge in [-0.2, -0.15) is 0 Å². The van der Waals surface area contributed by atoms with Gasteiger partial charge in [-0.25, -0.2) is 4.39 Å². The van der Waals surface area contributed by atoms with Crippen molar-refractivity contribution in [2.75, 3.05) is 44.2 Å². The Labute approximate surface area is 132 Å². The van der Waals surface area contributed by atoms with Gasteiger partial charge in [0.1, 0.15) is 5.82 Å². The lowest BCUT2D eigenvalue weighted by atomic mass is 10.1. The summed E-state index contributed by atoms with van der Waals surface area (Å²) in [6.07, 6.45) is 1.01. The van der Waals surface area contributed by atoms with Gasteiger partial charge in [-0.1, -0.05) is 26.0 Å². The summed E-state index contributed by atoms with van der Waals surface area (Å²) < 4.78 is 13.8. The number of benzene rings is 1. The highest BCUT2D eigenvalue weighted by molar-refractivity contribution is 5.78. The van der Waals surface area contributed by atoms with Crippen LogP contribution in [0.2, 0.25) is 0 Å². The van der Waals surface area contributed by atoms with E-state index in [1.165, 1.54) is 6.07 Å². The fourth-order valence-electron chi connectivity index (χ4n) is 2.61. The van der Waals surface area contributed by atoms with E-state index < -0.39 is 0 Å². The Balaban J connectivity index is 1.73. The highest BCUT2D eigenvalue weighted by atomic mass is 19.1. The Kier molecular flexibility index (Phi) is 6.19. The third kappa shape index (κ3) is 4.98. The van der Waals surface area contributed by atoms with Crippen molar-refractivity contribution in [2.24, 2.45) is 5.92 Å². The number of nitrogens with zero attached hydrogens (tertiary/aromatic N) is 2. The van der Waals surface area contributed by atoms with Crippen LogP contribution in [0.5, 0.6) is 0 Å². The van der Waals surface area contributed by atoms with Crippen LogP contribution in [0.3, 0.4) is 0 Å². The Bertz CT molecular complexity index is 485. The maximum Gasteiger partial charge on any atom is 0.234 e. The van der Waals surface area contributed by atoms with Crippen LogP contribution in [0.4, 0.5) is 10.1 Å². The van der Waals surface area contributed by atoms with Crippen LogP contribution in [0.1, 0.15) is 20.3 Å². The molecule has 22 heavy (non-hydrogen) atoms. The average molecular weight is 307 g/mol. The van der Waals surface area contributed by atoms with Crippen LogP contribution in [0.15, 0.2) is 24.3 Å². The number of rotatable bonds is 6. The lowest BCUT2D eigenvalue weighted by molar-refractivity contribution is -0.122. The van der Waals surface area contributed by atoms with Crippen molar-refractivity contribution in [2.45, 2.75) is 20.3 Å². The van der Waals surface area contributed by atoms with Crippen molar-refractivity contribution < 1.29 is 9.18 Å². The summed E-state index contributed by atoms with van der Waals surface area (Å²) in [4.78, 5) is 16.0. The summed E-state index contributed by atoms with van der Waals surface area (Å²) >= 11 is 0. The summed E-state index contributed by atoms with van der Waals surface area (Å²) in [5.74, 6) is 0.506. The fourth-order valence-corrected chi connectivity index (χ4v) is 2.61. The average Bonchev–Trinajstić information content (AvgIpc) is 2.48. The van der Waals surface area contributed by atoms with Gasteiger partial charge in [0.2, 0.25) is 5.91 Å². The smallest absolute Gasteiger partial charge is 0.234 e. The van der Waals surface area contributed by atoms with E-state index >= 15 is 0 Å². The van der Waals surface area contributed by atoms with E-state index in [0.717, 1.165) is 39.1 Å². The predicted octanol–water partition coefficient (Wildman–Crippen LogP) is 2.11. The second kappa shape index (κ2) is 8.13. The molecule has 0 radical (unpaired) electrons. The summed E-state index contributed by atoms with van der Waals surface area (Å²) in [7, 11) is 0. The number of carbonyl (C=O) groups excluding carboxylic acids is 1. The van der Waals surface area contributed by atoms with Gasteiger partial charge in [0, 0.05) is 32.7 Å². The van der Waals surface area contributed by atoms with Crippen LogP contribution < -0.4 is 10.2 Å². The SMILES string of the molecule is CC(C)CCNC(=O)CN1CCN(c2ccccc2F)CC1. The van der Waals surface area contributed by atoms with Crippen molar-refractivity contribution >= 4 is 11.6 Å². The number of anilines is 1. The van der Waals surface area contributed by atoms with Crippen LogP contribution in [-0.4, -0.2) is 50.1 Å². The molecule has 1 heterocycles. The van der Waals surface area contributed by atoms with Gasteiger partial charge in [-0.05, 0) is 24.5 Å². The number of para-hydroxylation sites is 1. The topological polar surface area (TPSA) is 35.6 Å². The van der Waals surface area contributed by atoms with E-state index in [4.69, 9.17) is 0 Å². The summed E-state index contributed by atoms with van der Waals surface area (Å²) in [6.45, 7) is 8.54.